The van der Waals surface area contributed by atoms with Crippen molar-refractivity contribution in [2.45, 2.75) is 33.1 Å². The summed E-state index contributed by atoms with van der Waals surface area (Å²) in [6.45, 7) is 10.6. The average Bonchev–Trinajstić information content (AvgIpc) is 3.17. The number of nitrogens with zero attached hydrogens (tertiary/aromatic N) is 5. The molecule has 1 N–H and O–H groups in total. The van der Waals surface area contributed by atoms with E-state index in [9.17, 15) is 0 Å². The normalized spacial score (nSPS) is 14.9. The summed E-state index contributed by atoms with van der Waals surface area (Å²) < 4.78 is 5.30. The highest BCUT2D eigenvalue weighted by atomic mass is 127. The second kappa shape index (κ2) is 11.0. The Morgan fingerprint density at radius 3 is 2.62 bits per heavy atom. The molecule has 29 heavy (non-hydrogen) atoms. The fourth-order valence-corrected chi connectivity index (χ4v) is 3.47. The van der Waals surface area contributed by atoms with Crippen LogP contribution >= 0.6 is 35.6 Å². The largest absolute Gasteiger partial charge is 0.368 e. The fourth-order valence-electron chi connectivity index (χ4n) is 3.30. The van der Waals surface area contributed by atoms with Gasteiger partial charge in [0, 0.05) is 62.8 Å². The van der Waals surface area contributed by atoms with Crippen molar-refractivity contribution < 1.29 is 4.52 Å². The number of aromatic nitrogens is 2. The zero-order chi connectivity index (χ0) is 20.1. The van der Waals surface area contributed by atoms with Gasteiger partial charge >= 0.3 is 0 Å². The lowest BCUT2D eigenvalue weighted by Crippen LogP contribution is -2.53. The first-order valence-corrected chi connectivity index (χ1v) is 10.1. The van der Waals surface area contributed by atoms with Crippen molar-refractivity contribution >= 4 is 47.2 Å². The number of guanidine groups is 1. The molecule has 1 aliphatic heterocycles. The molecule has 0 bridgehead atoms. The van der Waals surface area contributed by atoms with Gasteiger partial charge in [-0.25, -0.2) is 0 Å². The molecule has 0 aliphatic carbocycles. The number of halogens is 2. The summed E-state index contributed by atoms with van der Waals surface area (Å²) in [6.07, 6.45) is 0.681. The molecule has 1 saturated heterocycles. The topological polar surface area (TPSA) is 69.8 Å². The summed E-state index contributed by atoms with van der Waals surface area (Å²) in [5.41, 5.74) is 2.47. The van der Waals surface area contributed by atoms with Crippen LogP contribution in [-0.2, 0) is 6.42 Å². The minimum absolute atomic E-state index is 0. The molecule has 0 atom stereocenters. The minimum Gasteiger partial charge on any atom is -0.368 e. The standard InChI is InChI=1S/C20H29ClN6O.HI/c1-14(2)19-24-18(28-25-19)7-8-23-20(22-4)27-11-9-26(10-12-27)17-13-16(21)6-5-15(17)3;/h5-6,13-14H,7-12H2,1-4H3,(H,22,23);1H. The van der Waals surface area contributed by atoms with Gasteiger partial charge in [-0.3, -0.25) is 4.99 Å². The summed E-state index contributed by atoms with van der Waals surface area (Å²) in [5, 5.41) is 8.19. The van der Waals surface area contributed by atoms with E-state index in [0.29, 0.717) is 18.9 Å². The second-order valence-electron chi connectivity index (χ2n) is 7.33. The average molecular weight is 533 g/mol. The van der Waals surface area contributed by atoms with Crippen LogP contribution in [0.25, 0.3) is 0 Å². The summed E-state index contributed by atoms with van der Waals surface area (Å²) in [7, 11) is 1.82. The zero-order valence-corrected chi connectivity index (χ0v) is 20.6. The number of hydrogen-bond acceptors (Lipinski definition) is 5. The number of anilines is 1. The van der Waals surface area contributed by atoms with Crippen LogP contribution in [0.1, 0.15) is 37.0 Å². The maximum atomic E-state index is 6.18. The monoisotopic (exact) mass is 532 g/mol. The molecular weight excluding hydrogens is 503 g/mol. The van der Waals surface area contributed by atoms with E-state index < -0.39 is 0 Å². The zero-order valence-electron chi connectivity index (χ0n) is 17.5. The smallest absolute Gasteiger partial charge is 0.228 e. The van der Waals surface area contributed by atoms with Crippen LogP contribution in [-0.4, -0.2) is 60.8 Å². The molecule has 9 heteroatoms. The molecule has 0 radical (unpaired) electrons. The molecule has 2 aromatic rings. The Kier molecular flexibility index (Phi) is 9.01. The Bertz CT molecular complexity index is 817. The van der Waals surface area contributed by atoms with Crippen LogP contribution in [0.3, 0.4) is 0 Å². The van der Waals surface area contributed by atoms with Crippen LogP contribution in [0.2, 0.25) is 5.02 Å². The Morgan fingerprint density at radius 1 is 1.28 bits per heavy atom. The molecule has 7 nitrogen and oxygen atoms in total. The van der Waals surface area contributed by atoms with E-state index in [0.717, 1.165) is 43.0 Å². The summed E-state index contributed by atoms with van der Waals surface area (Å²) in [6, 6.07) is 6.07. The number of piperazine rings is 1. The van der Waals surface area contributed by atoms with Gasteiger partial charge in [0.2, 0.25) is 5.89 Å². The van der Waals surface area contributed by atoms with E-state index in [1.165, 1.54) is 11.3 Å². The van der Waals surface area contributed by atoms with Crippen LogP contribution in [0.5, 0.6) is 0 Å². The van der Waals surface area contributed by atoms with Crippen molar-refractivity contribution in [3.63, 3.8) is 0 Å². The van der Waals surface area contributed by atoms with Crippen LogP contribution in [0, 0.1) is 6.92 Å². The Labute approximate surface area is 194 Å². The number of aliphatic imine (C=N–C) groups is 1. The van der Waals surface area contributed by atoms with E-state index >= 15 is 0 Å². The van der Waals surface area contributed by atoms with E-state index in [1.807, 2.05) is 13.1 Å². The van der Waals surface area contributed by atoms with Crippen LogP contribution < -0.4 is 10.2 Å². The Morgan fingerprint density at radius 2 is 2.00 bits per heavy atom. The highest BCUT2D eigenvalue weighted by molar-refractivity contribution is 14.0. The van der Waals surface area contributed by atoms with Gasteiger partial charge in [-0.2, -0.15) is 4.98 Å². The summed E-state index contributed by atoms with van der Waals surface area (Å²) in [5.74, 6) is 2.60. The van der Waals surface area contributed by atoms with E-state index in [4.69, 9.17) is 16.1 Å². The third kappa shape index (κ3) is 6.21. The van der Waals surface area contributed by atoms with Crippen molar-refractivity contribution in [1.29, 1.82) is 0 Å². The van der Waals surface area contributed by atoms with E-state index in [-0.39, 0.29) is 29.9 Å². The van der Waals surface area contributed by atoms with E-state index in [2.05, 4.69) is 63.2 Å². The highest BCUT2D eigenvalue weighted by Gasteiger charge is 2.21. The first-order chi connectivity index (χ1) is 13.5. The number of rotatable bonds is 5. The minimum atomic E-state index is 0. The van der Waals surface area contributed by atoms with Gasteiger partial charge in [-0.15, -0.1) is 24.0 Å². The third-order valence-electron chi connectivity index (χ3n) is 4.93. The molecule has 0 spiro atoms. The molecule has 2 heterocycles. The lowest BCUT2D eigenvalue weighted by atomic mass is 10.1. The van der Waals surface area contributed by atoms with Gasteiger partial charge in [0.25, 0.3) is 0 Å². The molecule has 0 unspecified atom stereocenters. The quantitative estimate of drug-likeness (QED) is 0.360. The van der Waals surface area contributed by atoms with Gasteiger partial charge in [0.1, 0.15) is 0 Å². The Hall–Kier alpha value is -1.55. The van der Waals surface area contributed by atoms with Crippen molar-refractivity contribution in [2.24, 2.45) is 4.99 Å². The molecule has 1 aliphatic rings. The van der Waals surface area contributed by atoms with E-state index in [1.54, 1.807) is 0 Å². The van der Waals surface area contributed by atoms with Crippen molar-refractivity contribution in [3.05, 3.63) is 40.5 Å². The predicted octanol–water partition coefficient (Wildman–Crippen LogP) is 3.71. The Balaban J connectivity index is 0.00000300. The lowest BCUT2D eigenvalue weighted by molar-refractivity contribution is 0.362. The first kappa shape index (κ1) is 23.7. The fraction of sp³-hybridized carbons (Fsp3) is 0.550. The maximum absolute atomic E-state index is 6.18. The second-order valence-corrected chi connectivity index (χ2v) is 7.77. The lowest BCUT2D eigenvalue weighted by Gasteiger charge is -2.38. The van der Waals surface area contributed by atoms with Gasteiger partial charge in [-0.05, 0) is 24.6 Å². The number of benzene rings is 1. The maximum Gasteiger partial charge on any atom is 0.228 e. The molecule has 1 fully saturated rings. The predicted molar refractivity (Wildman–Crippen MR) is 129 cm³/mol. The molecule has 0 amide bonds. The molecule has 1 aromatic carbocycles. The molecular formula is C20H30ClIN6O. The molecule has 1 aromatic heterocycles. The third-order valence-corrected chi connectivity index (χ3v) is 5.16. The van der Waals surface area contributed by atoms with Crippen LogP contribution in [0.4, 0.5) is 5.69 Å². The number of nitrogens with one attached hydrogen (secondary N) is 1. The van der Waals surface area contributed by atoms with Crippen molar-refractivity contribution in [2.75, 3.05) is 44.7 Å². The van der Waals surface area contributed by atoms with Gasteiger partial charge in [-0.1, -0.05) is 36.7 Å². The molecule has 160 valence electrons. The van der Waals surface area contributed by atoms with Crippen molar-refractivity contribution in [3.8, 4) is 0 Å². The molecule has 0 saturated carbocycles. The number of hydrogen-bond donors (Lipinski definition) is 1. The first-order valence-electron chi connectivity index (χ1n) is 9.77. The van der Waals surface area contributed by atoms with Crippen LogP contribution in [0.15, 0.2) is 27.7 Å². The summed E-state index contributed by atoms with van der Waals surface area (Å²) in [4.78, 5) is 13.5. The summed E-state index contributed by atoms with van der Waals surface area (Å²) >= 11 is 6.18. The van der Waals surface area contributed by atoms with Gasteiger partial charge in [0.15, 0.2) is 11.8 Å². The highest BCUT2D eigenvalue weighted by Crippen LogP contribution is 2.25. The SMILES string of the molecule is CN=C(NCCc1nc(C(C)C)no1)N1CCN(c2cc(Cl)ccc2C)CC1.I. The van der Waals surface area contributed by atoms with Gasteiger partial charge < -0.3 is 19.6 Å². The molecule has 3 rings (SSSR count). The van der Waals surface area contributed by atoms with Gasteiger partial charge in [0.05, 0.1) is 0 Å². The number of aryl methyl sites for hydroxylation is 1. The van der Waals surface area contributed by atoms with Crippen molar-refractivity contribution in [1.82, 2.24) is 20.4 Å².